The molecule has 0 amide bonds. The summed E-state index contributed by atoms with van der Waals surface area (Å²) >= 11 is 0. The molecule has 0 saturated heterocycles. The molecule has 1 aromatic rings. The Morgan fingerprint density at radius 1 is 1.50 bits per heavy atom. The van der Waals surface area contributed by atoms with E-state index in [4.69, 9.17) is 4.74 Å². The van der Waals surface area contributed by atoms with Gasteiger partial charge < -0.3 is 4.74 Å². The lowest BCUT2D eigenvalue weighted by Gasteiger charge is -2.37. The predicted molar refractivity (Wildman–Crippen MR) is 56.6 cm³/mol. The van der Waals surface area contributed by atoms with E-state index < -0.39 is 5.54 Å². The van der Waals surface area contributed by atoms with Crippen molar-refractivity contribution in [3.8, 4) is 5.75 Å². The van der Waals surface area contributed by atoms with Crippen LogP contribution in [-0.2, 0) is 10.3 Å². The van der Waals surface area contributed by atoms with E-state index in [0.717, 1.165) is 24.8 Å². The molecule has 1 aliphatic carbocycles. The SMILES string of the molecule is COc1cc(F)ccc1C1(N=C=O)CCC1. The van der Waals surface area contributed by atoms with Gasteiger partial charge in [0.25, 0.3) is 0 Å². The van der Waals surface area contributed by atoms with E-state index in [1.165, 1.54) is 19.2 Å². The van der Waals surface area contributed by atoms with Gasteiger partial charge >= 0.3 is 0 Å². The third-order valence-corrected chi connectivity index (χ3v) is 3.11. The van der Waals surface area contributed by atoms with Crippen LogP contribution < -0.4 is 4.74 Å². The van der Waals surface area contributed by atoms with Crippen molar-refractivity contribution in [3.63, 3.8) is 0 Å². The Bertz CT molecular complexity index is 448. The lowest BCUT2D eigenvalue weighted by Crippen LogP contribution is -2.32. The zero-order valence-electron chi connectivity index (χ0n) is 9.00. The molecule has 0 radical (unpaired) electrons. The number of benzene rings is 1. The molecule has 1 aromatic carbocycles. The van der Waals surface area contributed by atoms with E-state index in [-0.39, 0.29) is 5.82 Å². The summed E-state index contributed by atoms with van der Waals surface area (Å²) in [6, 6.07) is 4.31. The minimum atomic E-state index is -0.541. The quantitative estimate of drug-likeness (QED) is 0.581. The molecule has 0 aromatic heterocycles. The first-order valence-corrected chi connectivity index (χ1v) is 5.15. The highest BCUT2D eigenvalue weighted by atomic mass is 19.1. The molecule has 0 aliphatic heterocycles. The highest BCUT2D eigenvalue weighted by Gasteiger charge is 2.41. The zero-order valence-corrected chi connectivity index (χ0v) is 9.00. The molecule has 84 valence electrons. The third kappa shape index (κ3) is 1.61. The molecular weight excluding hydrogens is 209 g/mol. The predicted octanol–water partition coefficient (Wildman–Crippen LogP) is 2.55. The average Bonchev–Trinajstić information content (AvgIpc) is 2.24. The van der Waals surface area contributed by atoms with E-state index in [2.05, 4.69) is 4.99 Å². The monoisotopic (exact) mass is 221 g/mol. The number of aliphatic imine (C=N–C) groups is 1. The van der Waals surface area contributed by atoms with Crippen molar-refractivity contribution in [3.05, 3.63) is 29.6 Å². The van der Waals surface area contributed by atoms with Gasteiger partial charge in [-0.1, -0.05) is 0 Å². The van der Waals surface area contributed by atoms with Crippen LogP contribution in [0, 0.1) is 5.82 Å². The molecule has 1 aliphatic rings. The molecule has 1 fully saturated rings. The van der Waals surface area contributed by atoms with Crippen LogP contribution >= 0.6 is 0 Å². The number of halogens is 1. The number of rotatable bonds is 3. The molecular formula is C12H12FNO2. The van der Waals surface area contributed by atoms with E-state index in [9.17, 15) is 9.18 Å². The summed E-state index contributed by atoms with van der Waals surface area (Å²) < 4.78 is 18.2. The summed E-state index contributed by atoms with van der Waals surface area (Å²) in [5.74, 6) is 0.0869. The number of hydrogen-bond donors (Lipinski definition) is 0. The highest BCUT2D eigenvalue weighted by molar-refractivity contribution is 5.45. The maximum Gasteiger partial charge on any atom is 0.235 e. The number of hydrogen-bond acceptors (Lipinski definition) is 3. The number of methoxy groups -OCH3 is 1. The molecule has 0 unspecified atom stereocenters. The van der Waals surface area contributed by atoms with Crippen molar-refractivity contribution in [2.45, 2.75) is 24.8 Å². The van der Waals surface area contributed by atoms with Crippen LogP contribution in [0.3, 0.4) is 0 Å². The Labute approximate surface area is 93.0 Å². The summed E-state index contributed by atoms with van der Waals surface area (Å²) in [6.45, 7) is 0. The van der Waals surface area contributed by atoms with Gasteiger partial charge in [0.2, 0.25) is 6.08 Å². The van der Waals surface area contributed by atoms with Gasteiger partial charge in [0.1, 0.15) is 17.1 Å². The highest BCUT2D eigenvalue weighted by Crippen LogP contribution is 2.47. The molecule has 0 spiro atoms. The fraction of sp³-hybridized carbons (Fsp3) is 0.417. The Kier molecular flexibility index (Phi) is 2.75. The van der Waals surface area contributed by atoms with Crippen LogP contribution in [0.4, 0.5) is 4.39 Å². The minimum Gasteiger partial charge on any atom is -0.496 e. The van der Waals surface area contributed by atoms with E-state index in [1.807, 2.05) is 0 Å². The smallest absolute Gasteiger partial charge is 0.235 e. The van der Waals surface area contributed by atoms with Crippen molar-refractivity contribution in [1.29, 1.82) is 0 Å². The molecule has 0 heterocycles. The molecule has 0 N–H and O–H groups in total. The fourth-order valence-electron chi connectivity index (χ4n) is 2.09. The lowest BCUT2D eigenvalue weighted by atomic mass is 9.72. The number of ether oxygens (including phenoxy) is 1. The second kappa shape index (κ2) is 4.06. The Morgan fingerprint density at radius 3 is 2.75 bits per heavy atom. The van der Waals surface area contributed by atoms with Gasteiger partial charge in [0.05, 0.1) is 7.11 Å². The first kappa shape index (κ1) is 10.8. The fourth-order valence-corrected chi connectivity index (χ4v) is 2.09. The summed E-state index contributed by atoms with van der Waals surface area (Å²) in [4.78, 5) is 14.3. The van der Waals surface area contributed by atoms with Crippen LogP contribution in [0.15, 0.2) is 23.2 Å². The average molecular weight is 221 g/mol. The van der Waals surface area contributed by atoms with E-state index in [0.29, 0.717) is 5.75 Å². The van der Waals surface area contributed by atoms with Crippen molar-refractivity contribution < 1.29 is 13.9 Å². The summed E-state index contributed by atoms with van der Waals surface area (Å²) in [5.41, 5.74) is 0.229. The normalized spacial score (nSPS) is 17.1. The van der Waals surface area contributed by atoms with Crippen molar-refractivity contribution in [2.24, 2.45) is 4.99 Å². The number of isocyanates is 1. The van der Waals surface area contributed by atoms with Gasteiger partial charge in [0.15, 0.2) is 0 Å². The summed E-state index contributed by atoms with van der Waals surface area (Å²) in [6.07, 6.45) is 4.17. The second-order valence-corrected chi connectivity index (χ2v) is 3.93. The van der Waals surface area contributed by atoms with Gasteiger partial charge in [-0.15, -0.1) is 0 Å². The Balaban J connectivity index is 2.49. The second-order valence-electron chi connectivity index (χ2n) is 3.93. The van der Waals surface area contributed by atoms with Crippen LogP contribution in [0.25, 0.3) is 0 Å². The van der Waals surface area contributed by atoms with Crippen LogP contribution in [0.1, 0.15) is 24.8 Å². The van der Waals surface area contributed by atoms with Gasteiger partial charge in [0, 0.05) is 11.6 Å². The van der Waals surface area contributed by atoms with E-state index >= 15 is 0 Å². The van der Waals surface area contributed by atoms with Gasteiger partial charge in [-0.3, -0.25) is 0 Å². The summed E-state index contributed by atoms with van der Waals surface area (Å²) in [5, 5.41) is 0. The molecule has 0 bridgehead atoms. The molecule has 4 heteroatoms. The Morgan fingerprint density at radius 2 is 2.25 bits per heavy atom. The largest absolute Gasteiger partial charge is 0.496 e. The first-order chi connectivity index (χ1) is 7.72. The van der Waals surface area contributed by atoms with Crippen LogP contribution in [0.5, 0.6) is 5.75 Å². The number of nitrogens with zero attached hydrogens (tertiary/aromatic N) is 1. The number of carbonyl (C=O) groups excluding carboxylic acids is 1. The summed E-state index contributed by atoms with van der Waals surface area (Å²) in [7, 11) is 1.48. The van der Waals surface area contributed by atoms with Gasteiger partial charge in [-0.25, -0.2) is 9.18 Å². The molecule has 3 nitrogen and oxygen atoms in total. The maximum absolute atomic E-state index is 13.0. The van der Waals surface area contributed by atoms with Crippen molar-refractivity contribution in [1.82, 2.24) is 0 Å². The van der Waals surface area contributed by atoms with Gasteiger partial charge in [-0.05, 0) is 31.4 Å². The minimum absolute atomic E-state index is 0.356. The molecule has 1 saturated carbocycles. The van der Waals surface area contributed by atoms with E-state index in [1.54, 1.807) is 12.1 Å². The third-order valence-electron chi connectivity index (χ3n) is 3.11. The van der Waals surface area contributed by atoms with Gasteiger partial charge in [-0.2, -0.15) is 4.99 Å². The van der Waals surface area contributed by atoms with Crippen molar-refractivity contribution >= 4 is 6.08 Å². The Hall–Kier alpha value is -1.67. The topological polar surface area (TPSA) is 38.7 Å². The lowest BCUT2D eigenvalue weighted by molar-refractivity contribution is 0.245. The first-order valence-electron chi connectivity index (χ1n) is 5.15. The standard InChI is InChI=1S/C12H12FNO2/c1-16-11-7-9(13)3-4-10(11)12(14-8-15)5-2-6-12/h3-4,7H,2,5-6H2,1H3. The molecule has 2 rings (SSSR count). The zero-order chi connectivity index (χ0) is 11.6. The molecule has 0 atom stereocenters. The van der Waals surface area contributed by atoms with Crippen LogP contribution in [-0.4, -0.2) is 13.2 Å². The van der Waals surface area contributed by atoms with Crippen molar-refractivity contribution in [2.75, 3.05) is 7.11 Å². The molecule has 16 heavy (non-hydrogen) atoms. The van der Waals surface area contributed by atoms with Crippen LogP contribution in [0.2, 0.25) is 0 Å². The maximum atomic E-state index is 13.0.